The predicted molar refractivity (Wildman–Crippen MR) is 128 cm³/mol. The molecule has 0 bridgehead atoms. The van der Waals surface area contributed by atoms with Crippen molar-refractivity contribution in [1.82, 2.24) is 19.9 Å². The Morgan fingerprint density at radius 2 is 1.32 bits per heavy atom. The van der Waals surface area contributed by atoms with E-state index in [1.54, 1.807) is 0 Å². The zero-order chi connectivity index (χ0) is 21.0. The summed E-state index contributed by atoms with van der Waals surface area (Å²) in [6, 6.07) is 22.7. The molecule has 2 aromatic carbocycles. The van der Waals surface area contributed by atoms with Crippen molar-refractivity contribution < 1.29 is 0 Å². The lowest BCUT2D eigenvalue weighted by atomic mass is 9.88. The Labute approximate surface area is 184 Å². The first-order valence-electron chi connectivity index (χ1n) is 11.1. The zero-order valence-corrected chi connectivity index (χ0v) is 17.8. The van der Waals surface area contributed by atoms with Gasteiger partial charge in [-0.1, -0.05) is 79.3 Å². The summed E-state index contributed by atoms with van der Waals surface area (Å²) in [5.74, 6) is 2.79. The van der Waals surface area contributed by atoms with Gasteiger partial charge in [0.25, 0.3) is 0 Å². The first-order valence-corrected chi connectivity index (χ1v) is 11.1. The largest absolute Gasteiger partial charge is 0.255 e. The Bertz CT molecular complexity index is 1150. The van der Waals surface area contributed by atoms with Crippen LogP contribution in [0.1, 0.15) is 43.8 Å². The van der Waals surface area contributed by atoms with Crippen molar-refractivity contribution in [1.29, 1.82) is 0 Å². The van der Waals surface area contributed by atoms with Gasteiger partial charge in [-0.3, -0.25) is 4.98 Å². The second kappa shape index (κ2) is 8.80. The molecule has 1 aliphatic rings. The second-order valence-corrected chi connectivity index (χ2v) is 8.34. The number of hydrogen-bond donors (Lipinski definition) is 0. The van der Waals surface area contributed by atoms with Gasteiger partial charge in [0, 0.05) is 28.8 Å². The van der Waals surface area contributed by atoms with E-state index in [2.05, 4.69) is 50.3 Å². The molecule has 5 rings (SSSR count). The van der Waals surface area contributed by atoms with Crippen LogP contribution in [0.4, 0.5) is 0 Å². The third kappa shape index (κ3) is 4.41. The van der Waals surface area contributed by atoms with Crippen molar-refractivity contribution in [3.05, 3.63) is 78.8 Å². The molecule has 0 radical (unpaired) electrons. The van der Waals surface area contributed by atoms with Gasteiger partial charge in [0.1, 0.15) is 13.7 Å². The topological polar surface area (TPSA) is 51.6 Å². The molecule has 0 atom stereocenters. The molecular formula is C26H25BN4. The van der Waals surface area contributed by atoms with E-state index in [0.29, 0.717) is 11.7 Å². The monoisotopic (exact) mass is 404 g/mol. The predicted octanol–water partition coefficient (Wildman–Crippen LogP) is 4.57. The van der Waals surface area contributed by atoms with Crippen LogP contribution in [0.5, 0.6) is 0 Å². The van der Waals surface area contributed by atoms with E-state index in [4.69, 9.17) is 19.9 Å². The molecule has 0 N–H and O–H groups in total. The molecule has 0 saturated heterocycles. The molecule has 2 aromatic heterocycles. The summed E-state index contributed by atoms with van der Waals surface area (Å²) in [4.78, 5) is 19.3. The molecule has 152 valence electrons. The Balaban J connectivity index is 1.53. The van der Waals surface area contributed by atoms with E-state index in [9.17, 15) is 0 Å². The second-order valence-electron chi connectivity index (χ2n) is 8.34. The van der Waals surface area contributed by atoms with Crippen LogP contribution in [0, 0.1) is 0 Å². The molecular weight excluding hydrogens is 379 g/mol. The van der Waals surface area contributed by atoms with E-state index in [1.807, 2.05) is 30.5 Å². The van der Waals surface area contributed by atoms with Gasteiger partial charge in [-0.05, 0) is 25.0 Å². The van der Waals surface area contributed by atoms with Gasteiger partial charge in [-0.15, -0.1) is 0 Å². The third-order valence-electron chi connectivity index (χ3n) is 6.02. The summed E-state index contributed by atoms with van der Waals surface area (Å²) < 4.78 is 0. The van der Waals surface area contributed by atoms with E-state index in [1.165, 1.54) is 24.7 Å². The maximum absolute atomic E-state index is 4.90. The SMILES string of the molecule is Bc1ccc(-c2ccc(-c3nc(-c4ccccc4)nc(C4CCCCC4)n3)cn2)cc1. The Morgan fingerprint density at radius 3 is 2.00 bits per heavy atom. The Kier molecular flexibility index (Phi) is 5.57. The highest BCUT2D eigenvalue weighted by atomic mass is 15.0. The van der Waals surface area contributed by atoms with Gasteiger partial charge in [-0.25, -0.2) is 15.0 Å². The molecule has 0 aliphatic heterocycles. The molecule has 31 heavy (non-hydrogen) atoms. The molecule has 1 aliphatic carbocycles. The van der Waals surface area contributed by atoms with Crippen molar-refractivity contribution in [3.8, 4) is 34.0 Å². The fourth-order valence-corrected chi connectivity index (χ4v) is 4.20. The van der Waals surface area contributed by atoms with Crippen LogP contribution in [-0.4, -0.2) is 27.8 Å². The molecule has 1 saturated carbocycles. The van der Waals surface area contributed by atoms with Gasteiger partial charge in [0.05, 0.1) is 5.69 Å². The number of pyridine rings is 1. The van der Waals surface area contributed by atoms with Crippen LogP contribution >= 0.6 is 0 Å². The first-order chi connectivity index (χ1) is 15.3. The average molecular weight is 404 g/mol. The average Bonchev–Trinajstić information content (AvgIpc) is 2.85. The lowest BCUT2D eigenvalue weighted by Crippen LogP contribution is -2.11. The minimum absolute atomic E-state index is 0.415. The zero-order valence-electron chi connectivity index (χ0n) is 17.8. The van der Waals surface area contributed by atoms with Crippen molar-refractivity contribution >= 4 is 13.3 Å². The highest BCUT2D eigenvalue weighted by molar-refractivity contribution is 6.32. The van der Waals surface area contributed by atoms with Crippen LogP contribution in [-0.2, 0) is 0 Å². The number of nitrogens with zero attached hydrogens (tertiary/aromatic N) is 4. The minimum Gasteiger partial charge on any atom is -0.255 e. The van der Waals surface area contributed by atoms with Crippen molar-refractivity contribution in [2.75, 3.05) is 0 Å². The van der Waals surface area contributed by atoms with Gasteiger partial charge >= 0.3 is 0 Å². The number of benzene rings is 2. The third-order valence-corrected chi connectivity index (χ3v) is 6.02. The number of rotatable bonds is 4. The summed E-state index contributed by atoms with van der Waals surface area (Å²) in [5, 5.41) is 0. The smallest absolute Gasteiger partial charge is 0.165 e. The molecule has 0 amide bonds. The molecule has 1 fully saturated rings. The summed E-state index contributed by atoms with van der Waals surface area (Å²) in [7, 11) is 2.09. The Morgan fingerprint density at radius 1 is 0.645 bits per heavy atom. The Hall–Kier alpha value is -3.34. The molecule has 5 heteroatoms. The van der Waals surface area contributed by atoms with Crippen LogP contribution in [0.3, 0.4) is 0 Å². The fraction of sp³-hybridized carbons (Fsp3) is 0.231. The van der Waals surface area contributed by atoms with E-state index in [0.717, 1.165) is 46.9 Å². The molecule has 4 nitrogen and oxygen atoms in total. The first kappa shape index (κ1) is 19.6. The van der Waals surface area contributed by atoms with Crippen LogP contribution in [0.2, 0.25) is 0 Å². The molecule has 0 unspecified atom stereocenters. The van der Waals surface area contributed by atoms with Crippen molar-refractivity contribution in [2.24, 2.45) is 0 Å². The van der Waals surface area contributed by atoms with Crippen LogP contribution in [0.25, 0.3) is 34.0 Å². The molecule has 0 spiro atoms. The number of aromatic nitrogens is 4. The standard InChI is InChI=1S/C26H25BN4/c27-22-14-11-18(12-15-22)23-16-13-21(17-28-23)26-30-24(19-7-3-1-4-8-19)29-25(31-26)20-9-5-2-6-10-20/h1,3-4,7-8,11-17,20H,2,5-6,9-10,27H2. The fourth-order valence-electron chi connectivity index (χ4n) is 4.20. The van der Waals surface area contributed by atoms with Gasteiger partial charge < -0.3 is 0 Å². The minimum atomic E-state index is 0.415. The molecule has 4 aromatic rings. The lowest BCUT2D eigenvalue weighted by molar-refractivity contribution is 0.428. The maximum Gasteiger partial charge on any atom is 0.165 e. The van der Waals surface area contributed by atoms with Gasteiger partial charge in [0.15, 0.2) is 11.6 Å². The van der Waals surface area contributed by atoms with E-state index >= 15 is 0 Å². The highest BCUT2D eigenvalue weighted by Crippen LogP contribution is 2.32. The quantitative estimate of drug-likeness (QED) is 0.468. The van der Waals surface area contributed by atoms with Crippen LogP contribution < -0.4 is 5.46 Å². The summed E-state index contributed by atoms with van der Waals surface area (Å²) in [6.07, 6.45) is 8.00. The van der Waals surface area contributed by atoms with Crippen molar-refractivity contribution in [3.63, 3.8) is 0 Å². The van der Waals surface area contributed by atoms with Gasteiger partial charge in [0.2, 0.25) is 0 Å². The van der Waals surface area contributed by atoms with Crippen molar-refractivity contribution in [2.45, 2.75) is 38.0 Å². The summed E-state index contributed by atoms with van der Waals surface area (Å²) >= 11 is 0. The summed E-state index contributed by atoms with van der Waals surface area (Å²) in [6.45, 7) is 0. The van der Waals surface area contributed by atoms with Crippen LogP contribution in [0.15, 0.2) is 72.9 Å². The van der Waals surface area contributed by atoms with E-state index in [-0.39, 0.29) is 0 Å². The number of hydrogen-bond acceptors (Lipinski definition) is 4. The van der Waals surface area contributed by atoms with E-state index < -0.39 is 0 Å². The van der Waals surface area contributed by atoms with Gasteiger partial charge in [-0.2, -0.15) is 0 Å². The molecule has 2 heterocycles. The normalized spacial score (nSPS) is 14.5. The maximum atomic E-state index is 4.90. The lowest BCUT2D eigenvalue weighted by Gasteiger charge is -2.21. The summed E-state index contributed by atoms with van der Waals surface area (Å²) in [5.41, 5.74) is 5.25. The highest BCUT2D eigenvalue weighted by Gasteiger charge is 2.21.